The zero-order valence-electron chi connectivity index (χ0n) is 6.37. The molecule has 0 spiro atoms. The number of hydrogen-bond acceptors (Lipinski definition) is 3. The maximum Gasteiger partial charge on any atom is 0.313 e. The highest BCUT2D eigenvalue weighted by atomic mass is 16.4. The first-order valence-electron chi connectivity index (χ1n) is 3.34. The van der Waals surface area contributed by atoms with Crippen LogP contribution in [0, 0.1) is 16.7 Å². The van der Waals surface area contributed by atoms with E-state index in [1.165, 1.54) is 0 Å². The predicted octanol–water partition coefficient (Wildman–Crippen LogP) is 0.373. The Morgan fingerprint density at radius 3 is 2.36 bits per heavy atom. The van der Waals surface area contributed by atoms with Crippen LogP contribution in [0.1, 0.15) is 19.8 Å². The van der Waals surface area contributed by atoms with Gasteiger partial charge >= 0.3 is 5.97 Å². The molecule has 0 aliphatic rings. The molecule has 0 aromatic heterocycles. The molecule has 2 N–H and O–H groups in total. The number of aliphatic hydroxyl groups excluding tert-OH is 1. The largest absolute Gasteiger partial charge is 0.481 e. The van der Waals surface area contributed by atoms with E-state index < -0.39 is 18.0 Å². The number of carboxylic acid groups (broad SMARTS) is 1. The van der Waals surface area contributed by atoms with E-state index in [1.807, 2.05) is 0 Å². The van der Waals surface area contributed by atoms with Gasteiger partial charge in [0, 0.05) is 0 Å². The van der Waals surface area contributed by atoms with Crippen LogP contribution in [0.5, 0.6) is 0 Å². The van der Waals surface area contributed by atoms with Crippen molar-refractivity contribution < 1.29 is 15.0 Å². The number of aliphatic carboxylic acids is 1. The van der Waals surface area contributed by atoms with Crippen molar-refractivity contribution in [1.29, 1.82) is 5.26 Å². The van der Waals surface area contributed by atoms with Crippen LogP contribution in [-0.2, 0) is 4.79 Å². The van der Waals surface area contributed by atoms with E-state index in [0.29, 0.717) is 0 Å². The number of aliphatic hydroxyl groups is 1. The fraction of sp³-hybridized carbons (Fsp3) is 0.714. The molecule has 0 aromatic carbocycles. The molecule has 0 radical (unpaired) electrons. The van der Waals surface area contributed by atoms with Crippen LogP contribution in [0.25, 0.3) is 0 Å². The van der Waals surface area contributed by atoms with Crippen molar-refractivity contribution in [3.05, 3.63) is 0 Å². The summed E-state index contributed by atoms with van der Waals surface area (Å²) in [6.45, 7) is 1.16. The second kappa shape index (κ2) is 3.94. The summed E-state index contributed by atoms with van der Waals surface area (Å²) in [5.74, 6) is -1.11. The summed E-state index contributed by atoms with van der Waals surface area (Å²) in [5.41, 5.74) is -1.26. The molecule has 0 aliphatic carbocycles. The number of nitriles is 1. The molecular formula is C7H11NO3. The molecule has 0 amide bonds. The fourth-order valence-electron chi connectivity index (χ4n) is 0.739. The first-order valence-corrected chi connectivity index (χ1v) is 3.34. The molecular weight excluding hydrogens is 146 g/mol. The third-order valence-corrected chi connectivity index (χ3v) is 1.85. The first kappa shape index (κ1) is 9.92. The highest BCUT2D eigenvalue weighted by Crippen LogP contribution is 2.25. The molecule has 0 saturated heterocycles. The average molecular weight is 157 g/mol. The molecule has 11 heavy (non-hydrogen) atoms. The molecule has 1 atom stereocenters. The van der Waals surface area contributed by atoms with Crippen molar-refractivity contribution in [1.82, 2.24) is 0 Å². The van der Waals surface area contributed by atoms with Gasteiger partial charge in [-0.05, 0) is 6.42 Å². The molecule has 0 bridgehead atoms. The normalized spacial score (nSPS) is 15.0. The van der Waals surface area contributed by atoms with E-state index >= 15 is 0 Å². The second-order valence-electron chi connectivity index (χ2n) is 2.43. The van der Waals surface area contributed by atoms with Crippen molar-refractivity contribution >= 4 is 5.97 Å². The van der Waals surface area contributed by atoms with E-state index in [0.717, 1.165) is 0 Å². The zero-order valence-corrected chi connectivity index (χ0v) is 6.37. The monoisotopic (exact) mass is 157 g/mol. The van der Waals surface area contributed by atoms with Crippen LogP contribution < -0.4 is 0 Å². The van der Waals surface area contributed by atoms with Gasteiger partial charge in [-0.15, -0.1) is 0 Å². The Hall–Kier alpha value is -1.08. The Morgan fingerprint density at radius 2 is 2.27 bits per heavy atom. The Balaban J connectivity index is 4.49. The van der Waals surface area contributed by atoms with Gasteiger partial charge in [0.15, 0.2) is 0 Å². The second-order valence-corrected chi connectivity index (χ2v) is 2.43. The fourth-order valence-corrected chi connectivity index (χ4v) is 0.739. The molecule has 1 unspecified atom stereocenters. The van der Waals surface area contributed by atoms with E-state index in [2.05, 4.69) is 0 Å². The molecule has 0 aliphatic heterocycles. The third kappa shape index (κ3) is 1.92. The van der Waals surface area contributed by atoms with E-state index in [-0.39, 0.29) is 12.8 Å². The highest BCUT2D eigenvalue weighted by molar-refractivity contribution is 5.75. The molecule has 0 fully saturated rings. The SMILES string of the molecule is CCC(CO)(CC#N)C(=O)O. The summed E-state index contributed by atoms with van der Waals surface area (Å²) in [4.78, 5) is 10.6. The highest BCUT2D eigenvalue weighted by Gasteiger charge is 2.35. The molecule has 0 rings (SSSR count). The van der Waals surface area contributed by atoms with Gasteiger partial charge in [0.05, 0.1) is 19.1 Å². The molecule has 0 heterocycles. The maximum atomic E-state index is 10.6. The van der Waals surface area contributed by atoms with Crippen LogP contribution >= 0.6 is 0 Å². The van der Waals surface area contributed by atoms with Crippen LogP contribution in [0.3, 0.4) is 0 Å². The van der Waals surface area contributed by atoms with Crippen molar-refractivity contribution in [3.8, 4) is 6.07 Å². The van der Waals surface area contributed by atoms with E-state index in [4.69, 9.17) is 15.5 Å². The number of carbonyl (C=O) groups is 1. The number of rotatable bonds is 4. The van der Waals surface area contributed by atoms with Gasteiger partial charge in [0.25, 0.3) is 0 Å². The molecule has 0 aromatic rings. The van der Waals surface area contributed by atoms with Crippen LogP contribution in [0.4, 0.5) is 0 Å². The van der Waals surface area contributed by atoms with Crippen LogP contribution in [0.2, 0.25) is 0 Å². The summed E-state index contributed by atoms with van der Waals surface area (Å²) < 4.78 is 0. The Labute approximate surface area is 65.1 Å². The van der Waals surface area contributed by atoms with Crippen molar-refractivity contribution in [2.24, 2.45) is 5.41 Å². The molecule has 62 valence electrons. The summed E-state index contributed by atoms with van der Waals surface area (Å²) in [6, 6.07) is 1.75. The number of nitrogens with zero attached hydrogens (tertiary/aromatic N) is 1. The predicted molar refractivity (Wildman–Crippen MR) is 37.7 cm³/mol. The lowest BCUT2D eigenvalue weighted by atomic mass is 9.83. The minimum absolute atomic E-state index is 0.144. The topological polar surface area (TPSA) is 81.3 Å². The lowest BCUT2D eigenvalue weighted by Gasteiger charge is -2.21. The number of carboxylic acids is 1. The molecule has 4 nitrogen and oxygen atoms in total. The summed E-state index contributed by atoms with van der Waals surface area (Å²) >= 11 is 0. The lowest BCUT2D eigenvalue weighted by Crippen LogP contribution is -2.33. The lowest BCUT2D eigenvalue weighted by molar-refractivity contribution is -0.151. The van der Waals surface area contributed by atoms with Crippen molar-refractivity contribution in [3.63, 3.8) is 0 Å². The van der Waals surface area contributed by atoms with Gasteiger partial charge in [-0.3, -0.25) is 4.79 Å². The zero-order chi connectivity index (χ0) is 8.91. The molecule has 0 saturated carbocycles. The van der Waals surface area contributed by atoms with Gasteiger partial charge in [-0.2, -0.15) is 5.26 Å². The van der Waals surface area contributed by atoms with Gasteiger partial charge in [-0.25, -0.2) is 0 Å². The summed E-state index contributed by atoms with van der Waals surface area (Å²) in [7, 11) is 0. The van der Waals surface area contributed by atoms with Gasteiger partial charge in [0.1, 0.15) is 5.41 Å². The third-order valence-electron chi connectivity index (χ3n) is 1.85. The summed E-state index contributed by atoms with van der Waals surface area (Å²) in [5, 5.41) is 25.7. The van der Waals surface area contributed by atoms with Crippen LogP contribution in [0.15, 0.2) is 0 Å². The minimum Gasteiger partial charge on any atom is -0.481 e. The molecule has 4 heteroatoms. The Morgan fingerprint density at radius 1 is 1.73 bits per heavy atom. The minimum atomic E-state index is -1.26. The standard InChI is InChI=1S/C7H11NO3/c1-2-7(5-9,3-4-8)6(10)11/h9H,2-3,5H2,1H3,(H,10,11). The van der Waals surface area contributed by atoms with E-state index in [9.17, 15) is 4.79 Å². The van der Waals surface area contributed by atoms with Crippen molar-refractivity contribution in [2.75, 3.05) is 6.61 Å². The average Bonchev–Trinajstić information content (AvgIpc) is 2.00. The van der Waals surface area contributed by atoms with Gasteiger partial charge in [0.2, 0.25) is 0 Å². The van der Waals surface area contributed by atoms with Crippen molar-refractivity contribution in [2.45, 2.75) is 19.8 Å². The summed E-state index contributed by atoms with van der Waals surface area (Å²) in [6.07, 6.45) is 0.127. The smallest absolute Gasteiger partial charge is 0.313 e. The van der Waals surface area contributed by atoms with Crippen LogP contribution in [-0.4, -0.2) is 22.8 Å². The number of hydrogen-bond donors (Lipinski definition) is 2. The van der Waals surface area contributed by atoms with Gasteiger partial charge < -0.3 is 10.2 Å². The quantitative estimate of drug-likeness (QED) is 0.617. The Kier molecular flexibility index (Phi) is 3.55. The first-order chi connectivity index (χ1) is 5.13. The Bertz CT molecular complexity index is 179. The maximum absolute atomic E-state index is 10.6. The van der Waals surface area contributed by atoms with Gasteiger partial charge in [-0.1, -0.05) is 6.92 Å². The van der Waals surface area contributed by atoms with E-state index in [1.54, 1.807) is 13.0 Å².